The smallest absolute Gasteiger partial charge is 0.253 e. The zero-order valence-corrected chi connectivity index (χ0v) is 13.8. The third-order valence-electron chi connectivity index (χ3n) is 4.93. The lowest BCUT2D eigenvalue weighted by molar-refractivity contribution is 0.0315. The summed E-state index contributed by atoms with van der Waals surface area (Å²) in [5.41, 5.74) is 0.711. The molecule has 3 rings (SSSR count). The molecule has 5 heteroatoms. The minimum Gasteiger partial charge on any atom is -0.494 e. The molecule has 0 bridgehead atoms. The lowest BCUT2D eigenvalue weighted by atomic mass is 10.1. The summed E-state index contributed by atoms with van der Waals surface area (Å²) in [4.78, 5) is 16.8. The molecule has 1 heterocycles. The van der Waals surface area contributed by atoms with Crippen LogP contribution >= 0.6 is 0 Å². The molecule has 1 aliphatic heterocycles. The normalized spacial score (nSPS) is 25.6. The summed E-state index contributed by atoms with van der Waals surface area (Å²) in [6.45, 7) is 5.74. The Hall–Kier alpha value is -1.59. The van der Waals surface area contributed by atoms with Crippen LogP contribution in [-0.2, 0) is 0 Å². The van der Waals surface area contributed by atoms with Gasteiger partial charge < -0.3 is 14.7 Å². The molecule has 0 radical (unpaired) electrons. The predicted molar refractivity (Wildman–Crippen MR) is 88.7 cm³/mol. The quantitative estimate of drug-likeness (QED) is 0.919. The number of rotatable bonds is 4. The Morgan fingerprint density at radius 3 is 2.43 bits per heavy atom. The number of amides is 1. The fraction of sp³-hybridized carbons (Fsp3) is 0.611. The molecular weight excluding hydrogens is 292 g/mol. The number of nitrogens with zero attached hydrogens (tertiary/aromatic N) is 2. The third kappa shape index (κ3) is 3.67. The van der Waals surface area contributed by atoms with Crippen molar-refractivity contribution in [3.63, 3.8) is 0 Å². The van der Waals surface area contributed by atoms with Gasteiger partial charge in [0.15, 0.2) is 0 Å². The number of carbonyl (C=O) groups is 1. The Morgan fingerprint density at radius 2 is 1.87 bits per heavy atom. The summed E-state index contributed by atoms with van der Waals surface area (Å²) < 4.78 is 5.41. The molecule has 0 unspecified atom stereocenters. The highest BCUT2D eigenvalue weighted by molar-refractivity contribution is 5.94. The minimum atomic E-state index is -0.191. The second kappa shape index (κ2) is 7.32. The van der Waals surface area contributed by atoms with Gasteiger partial charge in [0.1, 0.15) is 5.75 Å². The zero-order valence-electron chi connectivity index (χ0n) is 13.8. The Morgan fingerprint density at radius 1 is 1.17 bits per heavy atom. The Balaban J connectivity index is 1.55. The second-order valence-electron chi connectivity index (χ2n) is 6.35. The van der Waals surface area contributed by atoms with Crippen molar-refractivity contribution in [1.82, 2.24) is 9.80 Å². The van der Waals surface area contributed by atoms with Crippen LogP contribution in [0.5, 0.6) is 5.75 Å². The zero-order chi connectivity index (χ0) is 16.2. The summed E-state index contributed by atoms with van der Waals surface area (Å²) in [6.07, 6.45) is 2.91. The van der Waals surface area contributed by atoms with E-state index in [2.05, 4.69) is 4.90 Å². The SMILES string of the molecule is CCOc1ccc(C(=O)N2CCN([C@@H]3CCC[C@H]3O)CC2)cc1. The van der Waals surface area contributed by atoms with E-state index < -0.39 is 0 Å². The number of aliphatic hydroxyl groups excluding tert-OH is 1. The van der Waals surface area contributed by atoms with E-state index >= 15 is 0 Å². The highest BCUT2D eigenvalue weighted by Crippen LogP contribution is 2.25. The maximum atomic E-state index is 12.6. The fourth-order valence-corrected chi connectivity index (χ4v) is 3.65. The van der Waals surface area contributed by atoms with E-state index in [0.29, 0.717) is 12.2 Å². The standard InChI is InChI=1S/C18H26N2O3/c1-2-23-15-8-6-14(7-9-15)18(22)20-12-10-19(11-13-20)16-4-3-5-17(16)21/h6-9,16-17,21H,2-5,10-13H2,1H3/t16-,17-/m1/s1. The molecule has 1 N–H and O–H groups in total. The molecule has 1 saturated heterocycles. The number of piperazine rings is 1. The van der Waals surface area contributed by atoms with Gasteiger partial charge in [0.25, 0.3) is 5.91 Å². The van der Waals surface area contributed by atoms with Gasteiger partial charge in [0, 0.05) is 37.8 Å². The fourth-order valence-electron chi connectivity index (χ4n) is 3.65. The molecule has 0 aromatic heterocycles. The molecule has 1 aliphatic carbocycles. The van der Waals surface area contributed by atoms with Crippen LogP contribution in [-0.4, -0.2) is 65.7 Å². The van der Waals surface area contributed by atoms with E-state index in [1.54, 1.807) is 0 Å². The van der Waals surface area contributed by atoms with Crippen LogP contribution in [0.3, 0.4) is 0 Å². The molecule has 5 nitrogen and oxygen atoms in total. The molecule has 23 heavy (non-hydrogen) atoms. The maximum Gasteiger partial charge on any atom is 0.253 e. The van der Waals surface area contributed by atoms with E-state index in [1.165, 1.54) is 0 Å². The second-order valence-corrected chi connectivity index (χ2v) is 6.35. The van der Waals surface area contributed by atoms with Gasteiger partial charge in [-0.25, -0.2) is 0 Å². The molecule has 2 atom stereocenters. The molecule has 126 valence electrons. The van der Waals surface area contributed by atoms with Crippen LogP contribution in [0.1, 0.15) is 36.5 Å². The first-order valence-corrected chi connectivity index (χ1v) is 8.63. The molecular formula is C18H26N2O3. The molecule has 0 spiro atoms. The summed E-state index contributed by atoms with van der Waals surface area (Å²) in [7, 11) is 0. The monoisotopic (exact) mass is 318 g/mol. The number of aliphatic hydroxyl groups is 1. The van der Waals surface area contributed by atoms with Crippen molar-refractivity contribution < 1.29 is 14.6 Å². The van der Waals surface area contributed by atoms with Crippen LogP contribution in [0.4, 0.5) is 0 Å². The number of benzene rings is 1. The van der Waals surface area contributed by atoms with Gasteiger partial charge in [0.2, 0.25) is 0 Å². The van der Waals surface area contributed by atoms with Gasteiger partial charge in [-0.15, -0.1) is 0 Å². The first kappa shape index (κ1) is 16.3. The summed E-state index contributed by atoms with van der Waals surface area (Å²) in [5.74, 6) is 0.878. The van der Waals surface area contributed by atoms with E-state index in [9.17, 15) is 9.90 Å². The summed E-state index contributed by atoms with van der Waals surface area (Å²) in [6, 6.07) is 7.66. The predicted octanol–water partition coefficient (Wildman–Crippen LogP) is 1.76. The van der Waals surface area contributed by atoms with Crippen molar-refractivity contribution in [2.75, 3.05) is 32.8 Å². The van der Waals surface area contributed by atoms with Crippen molar-refractivity contribution >= 4 is 5.91 Å². The Labute approximate surface area is 137 Å². The summed E-state index contributed by atoms with van der Waals surface area (Å²) >= 11 is 0. The molecule has 2 aliphatic rings. The molecule has 1 aromatic rings. The average molecular weight is 318 g/mol. The lowest BCUT2D eigenvalue weighted by Gasteiger charge is -2.39. The van der Waals surface area contributed by atoms with Crippen molar-refractivity contribution in [3.8, 4) is 5.75 Å². The van der Waals surface area contributed by atoms with Crippen molar-refractivity contribution in [3.05, 3.63) is 29.8 Å². The van der Waals surface area contributed by atoms with Gasteiger partial charge in [-0.2, -0.15) is 0 Å². The third-order valence-corrected chi connectivity index (χ3v) is 4.93. The number of ether oxygens (including phenoxy) is 1. The molecule has 1 amide bonds. The van der Waals surface area contributed by atoms with Crippen LogP contribution in [0.2, 0.25) is 0 Å². The highest BCUT2D eigenvalue weighted by Gasteiger charge is 2.33. The van der Waals surface area contributed by atoms with Crippen LogP contribution in [0, 0.1) is 0 Å². The van der Waals surface area contributed by atoms with E-state index in [1.807, 2.05) is 36.1 Å². The van der Waals surface area contributed by atoms with Gasteiger partial charge in [-0.3, -0.25) is 9.69 Å². The maximum absolute atomic E-state index is 12.6. The number of hydrogen-bond acceptors (Lipinski definition) is 4. The highest BCUT2D eigenvalue weighted by atomic mass is 16.5. The Kier molecular flexibility index (Phi) is 5.18. The molecule has 1 aromatic carbocycles. The van der Waals surface area contributed by atoms with E-state index in [4.69, 9.17) is 4.74 Å². The van der Waals surface area contributed by atoms with Gasteiger partial charge in [0.05, 0.1) is 12.7 Å². The number of hydrogen-bond donors (Lipinski definition) is 1. The summed E-state index contributed by atoms with van der Waals surface area (Å²) in [5, 5.41) is 10.0. The molecule has 1 saturated carbocycles. The first-order valence-electron chi connectivity index (χ1n) is 8.63. The number of carbonyl (C=O) groups excluding carboxylic acids is 1. The van der Waals surface area contributed by atoms with Crippen LogP contribution in [0.15, 0.2) is 24.3 Å². The topological polar surface area (TPSA) is 53.0 Å². The first-order chi connectivity index (χ1) is 11.2. The van der Waals surface area contributed by atoms with Crippen LogP contribution in [0.25, 0.3) is 0 Å². The van der Waals surface area contributed by atoms with Gasteiger partial charge in [-0.1, -0.05) is 0 Å². The van der Waals surface area contributed by atoms with Crippen LogP contribution < -0.4 is 4.74 Å². The molecule has 2 fully saturated rings. The van der Waals surface area contributed by atoms with E-state index in [0.717, 1.165) is 51.2 Å². The van der Waals surface area contributed by atoms with Crippen molar-refractivity contribution in [2.24, 2.45) is 0 Å². The lowest BCUT2D eigenvalue weighted by Crippen LogP contribution is -2.53. The van der Waals surface area contributed by atoms with Crippen molar-refractivity contribution in [1.29, 1.82) is 0 Å². The van der Waals surface area contributed by atoms with Gasteiger partial charge >= 0.3 is 0 Å². The van der Waals surface area contributed by atoms with Gasteiger partial charge in [-0.05, 0) is 50.5 Å². The Bertz CT molecular complexity index is 524. The van der Waals surface area contributed by atoms with E-state index in [-0.39, 0.29) is 18.1 Å². The minimum absolute atomic E-state index is 0.0830. The average Bonchev–Trinajstić information content (AvgIpc) is 3.01. The largest absolute Gasteiger partial charge is 0.494 e. The van der Waals surface area contributed by atoms with Crippen molar-refractivity contribution in [2.45, 2.75) is 38.3 Å².